The van der Waals surface area contributed by atoms with Gasteiger partial charge in [0, 0.05) is 30.2 Å². The number of hydrogen-bond acceptors (Lipinski definition) is 6. The van der Waals surface area contributed by atoms with Crippen LogP contribution in [0.15, 0.2) is 35.5 Å². The lowest BCUT2D eigenvalue weighted by Crippen LogP contribution is -2.45. The molecule has 1 aromatic heterocycles. The maximum Gasteiger partial charge on any atom is 0.227 e. The average Bonchev–Trinajstić information content (AvgIpc) is 3.17. The molecular weight excluding hydrogens is 314 g/mol. The van der Waals surface area contributed by atoms with E-state index < -0.39 is 0 Å². The maximum atomic E-state index is 9.99. The van der Waals surface area contributed by atoms with Crippen molar-refractivity contribution in [3.8, 4) is 0 Å². The van der Waals surface area contributed by atoms with Crippen LogP contribution in [-0.4, -0.2) is 39.5 Å². The van der Waals surface area contributed by atoms with Crippen LogP contribution in [-0.2, 0) is 6.54 Å². The highest BCUT2D eigenvalue weighted by Crippen LogP contribution is 2.38. The fraction of sp³-hybridized carbons (Fsp3) is 0.421. The zero-order valence-corrected chi connectivity index (χ0v) is 14.0. The van der Waals surface area contributed by atoms with Crippen LogP contribution in [0.4, 0.5) is 17.5 Å². The van der Waals surface area contributed by atoms with E-state index in [4.69, 9.17) is 4.98 Å². The number of hydrogen-bond donors (Lipinski definition) is 2. The summed E-state index contributed by atoms with van der Waals surface area (Å²) in [6.07, 6.45) is 7.43. The van der Waals surface area contributed by atoms with E-state index in [1.807, 2.05) is 18.5 Å². The molecule has 0 aliphatic carbocycles. The Balaban J connectivity index is 1.39. The molecule has 3 aliphatic heterocycles. The summed E-state index contributed by atoms with van der Waals surface area (Å²) in [6.45, 7) is 0.775. The third-order valence-corrected chi connectivity index (χ3v) is 5.49. The molecule has 6 nitrogen and oxygen atoms in total. The molecule has 0 amide bonds. The Labute approximate surface area is 146 Å². The van der Waals surface area contributed by atoms with E-state index in [0.29, 0.717) is 12.1 Å². The van der Waals surface area contributed by atoms with Crippen molar-refractivity contribution in [3.05, 3.63) is 41.6 Å². The lowest BCUT2D eigenvalue weighted by atomic mass is 10.0. The highest BCUT2D eigenvalue weighted by molar-refractivity contribution is 5.86. The molecule has 6 heteroatoms. The lowest BCUT2D eigenvalue weighted by molar-refractivity contribution is 0.125. The number of aliphatic hydroxyl groups is 1. The maximum absolute atomic E-state index is 9.99. The number of piperidine rings is 1. The third kappa shape index (κ3) is 2.66. The van der Waals surface area contributed by atoms with Crippen molar-refractivity contribution < 1.29 is 5.11 Å². The van der Waals surface area contributed by atoms with Crippen molar-refractivity contribution in [1.29, 1.82) is 0 Å². The SMILES string of the molecule is OC1CC2CCC(C1)N2c1nccc(Nc2ccc3c(c2)C=NC3)n1. The second-order valence-electron chi connectivity index (χ2n) is 7.17. The van der Waals surface area contributed by atoms with Crippen LogP contribution in [0.5, 0.6) is 0 Å². The molecule has 3 aliphatic rings. The molecule has 0 spiro atoms. The van der Waals surface area contributed by atoms with E-state index in [-0.39, 0.29) is 6.10 Å². The Morgan fingerprint density at radius 1 is 1.12 bits per heavy atom. The summed E-state index contributed by atoms with van der Waals surface area (Å²) in [5, 5.41) is 13.4. The smallest absolute Gasteiger partial charge is 0.227 e. The van der Waals surface area contributed by atoms with Gasteiger partial charge in [-0.15, -0.1) is 0 Å². The molecule has 2 fully saturated rings. The van der Waals surface area contributed by atoms with E-state index in [1.165, 1.54) is 11.1 Å². The first-order valence-corrected chi connectivity index (χ1v) is 8.95. The van der Waals surface area contributed by atoms with Crippen molar-refractivity contribution >= 4 is 23.7 Å². The third-order valence-electron chi connectivity index (χ3n) is 5.49. The Morgan fingerprint density at radius 2 is 1.96 bits per heavy atom. The predicted molar refractivity (Wildman–Crippen MR) is 97.6 cm³/mol. The van der Waals surface area contributed by atoms with Gasteiger partial charge in [-0.3, -0.25) is 4.99 Å². The fourth-order valence-corrected chi connectivity index (χ4v) is 4.34. The van der Waals surface area contributed by atoms with Gasteiger partial charge >= 0.3 is 0 Å². The minimum Gasteiger partial charge on any atom is -0.393 e. The molecule has 4 heterocycles. The first-order valence-electron chi connectivity index (χ1n) is 8.95. The summed E-state index contributed by atoms with van der Waals surface area (Å²) in [6, 6.07) is 8.90. The predicted octanol–water partition coefficient (Wildman–Crippen LogP) is 2.64. The zero-order chi connectivity index (χ0) is 16.8. The Hall–Kier alpha value is -2.47. The van der Waals surface area contributed by atoms with Crippen LogP contribution < -0.4 is 10.2 Å². The van der Waals surface area contributed by atoms with E-state index in [1.54, 1.807) is 0 Å². The number of anilines is 3. The molecule has 2 bridgehead atoms. The van der Waals surface area contributed by atoms with Crippen molar-refractivity contribution in [1.82, 2.24) is 9.97 Å². The molecule has 128 valence electrons. The normalized spacial score (nSPS) is 26.8. The van der Waals surface area contributed by atoms with Gasteiger partial charge in [-0.05, 0) is 55.0 Å². The highest BCUT2D eigenvalue weighted by Gasteiger charge is 2.41. The minimum atomic E-state index is -0.178. The Morgan fingerprint density at radius 3 is 2.80 bits per heavy atom. The van der Waals surface area contributed by atoms with Gasteiger partial charge in [0.05, 0.1) is 12.6 Å². The Bertz CT molecular complexity index is 822. The van der Waals surface area contributed by atoms with Gasteiger partial charge in [0.15, 0.2) is 0 Å². The van der Waals surface area contributed by atoms with Gasteiger partial charge in [0.1, 0.15) is 5.82 Å². The van der Waals surface area contributed by atoms with Gasteiger partial charge in [-0.2, -0.15) is 4.98 Å². The van der Waals surface area contributed by atoms with Crippen LogP contribution in [0, 0.1) is 0 Å². The second-order valence-corrected chi connectivity index (χ2v) is 7.17. The molecule has 1 aromatic carbocycles. The van der Waals surface area contributed by atoms with E-state index in [2.05, 4.69) is 38.4 Å². The number of aliphatic hydroxyl groups excluding tert-OH is 1. The number of nitrogens with one attached hydrogen (secondary N) is 1. The molecule has 5 rings (SSSR count). The molecular formula is C19H21N5O. The highest BCUT2D eigenvalue weighted by atomic mass is 16.3. The number of nitrogens with zero attached hydrogens (tertiary/aromatic N) is 4. The second kappa shape index (κ2) is 5.81. The molecule has 2 N–H and O–H groups in total. The molecule has 2 aromatic rings. The fourth-order valence-electron chi connectivity index (χ4n) is 4.34. The minimum absolute atomic E-state index is 0.178. The van der Waals surface area contributed by atoms with Gasteiger partial charge in [-0.25, -0.2) is 4.98 Å². The van der Waals surface area contributed by atoms with Crippen molar-refractivity contribution in [2.24, 2.45) is 4.99 Å². The summed E-state index contributed by atoms with van der Waals surface area (Å²) < 4.78 is 0. The van der Waals surface area contributed by atoms with E-state index >= 15 is 0 Å². The Kier molecular flexibility index (Phi) is 3.45. The molecule has 0 radical (unpaired) electrons. The molecule has 25 heavy (non-hydrogen) atoms. The number of benzene rings is 1. The first-order chi connectivity index (χ1) is 12.3. The van der Waals surface area contributed by atoms with Crippen molar-refractivity contribution in [3.63, 3.8) is 0 Å². The molecule has 2 saturated heterocycles. The summed E-state index contributed by atoms with van der Waals surface area (Å²) in [4.78, 5) is 15.9. The van der Waals surface area contributed by atoms with Crippen LogP contribution in [0.2, 0.25) is 0 Å². The van der Waals surface area contributed by atoms with Gasteiger partial charge in [0.25, 0.3) is 0 Å². The van der Waals surface area contributed by atoms with Crippen molar-refractivity contribution in [2.45, 2.75) is 50.4 Å². The van der Waals surface area contributed by atoms with E-state index in [9.17, 15) is 5.11 Å². The summed E-state index contributed by atoms with van der Waals surface area (Å²) in [7, 11) is 0. The van der Waals surface area contributed by atoms with Gasteiger partial charge < -0.3 is 15.3 Å². The first kappa shape index (κ1) is 14.8. The van der Waals surface area contributed by atoms with Crippen LogP contribution >= 0.6 is 0 Å². The molecule has 0 saturated carbocycles. The standard InChI is InChI=1S/C19H21N5O/c25-17-8-15-3-4-16(9-17)24(15)19-21-6-5-18(23-19)22-14-2-1-12-10-20-11-13(12)7-14/h1-2,5-7,11,15-17,25H,3-4,8-10H2,(H,21,22,23). The van der Waals surface area contributed by atoms with Gasteiger partial charge in [-0.1, -0.05) is 6.07 Å². The number of aliphatic imine (C=N–C) groups is 1. The topological polar surface area (TPSA) is 73.6 Å². The van der Waals surface area contributed by atoms with E-state index in [0.717, 1.165) is 49.7 Å². The average molecular weight is 335 g/mol. The lowest BCUT2D eigenvalue weighted by Gasteiger charge is -2.37. The van der Waals surface area contributed by atoms with Gasteiger partial charge in [0.2, 0.25) is 5.95 Å². The number of rotatable bonds is 3. The number of aromatic nitrogens is 2. The monoisotopic (exact) mass is 335 g/mol. The molecule has 2 atom stereocenters. The van der Waals surface area contributed by atoms with Crippen LogP contribution in [0.3, 0.4) is 0 Å². The summed E-state index contributed by atoms with van der Waals surface area (Å²) in [5.74, 6) is 1.57. The van der Waals surface area contributed by atoms with Crippen LogP contribution in [0.1, 0.15) is 36.8 Å². The van der Waals surface area contributed by atoms with Crippen molar-refractivity contribution in [2.75, 3.05) is 10.2 Å². The summed E-state index contributed by atoms with van der Waals surface area (Å²) in [5.41, 5.74) is 3.44. The zero-order valence-electron chi connectivity index (χ0n) is 14.0. The molecule has 2 unspecified atom stereocenters. The quantitative estimate of drug-likeness (QED) is 0.902. The summed E-state index contributed by atoms with van der Waals surface area (Å²) >= 11 is 0. The van der Waals surface area contributed by atoms with Crippen LogP contribution in [0.25, 0.3) is 0 Å². The largest absolute Gasteiger partial charge is 0.393 e. The number of fused-ring (bicyclic) bond motifs is 3.